The molecule has 1 aliphatic rings. The summed E-state index contributed by atoms with van der Waals surface area (Å²) in [6, 6.07) is 5.57. The van der Waals surface area contributed by atoms with Gasteiger partial charge in [0.25, 0.3) is 10.0 Å². The maximum Gasteiger partial charge on any atom is 0.263 e. The molecule has 0 spiro atoms. The van der Waals surface area contributed by atoms with Gasteiger partial charge in [0.05, 0.1) is 10.6 Å². The summed E-state index contributed by atoms with van der Waals surface area (Å²) in [7, 11) is -3.81. The number of anilines is 2. The second-order valence-electron chi connectivity index (χ2n) is 5.08. The highest BCUT2D eigenvalue weighted by molar-refractivity contribution is 7.93. The number of nitrogens with zero attached hydrogens (tertiary/aromatic N) is 3. The lowest BCUT2D eigenvalue weighted by molar-refractivity contribution is -0.121. The molecule has 1 fully saturated rings. The second kappa shape index (κ2) is 6.29. The van der Waals surface area contributed by atoms with Crippen LogP contribution in [0.5, 0.6) is 0 Å². The summed E-state index contributed by atoms with van der Waals surface area (Å²) in [6.45, 7) is 1.90. The third kappa shape index (κ3) is 3.15. The highest BCUT2D eigenvalue weighted by Gasteiger charge is 2.30. The maximum atomic E-state index is 12.3. The molecule has 0 radical (unpaired) electrons. The van der Waals surface area contributed by atoms with Crippen molar-refractivity contribution in [3.63, 3.8) is 0 Å². The molecule has 1 aromatic heterocycles. The van der Waals surface area contributed by atoms with E-state index in [1.54, 1.807) is 0 Å². The molecular weight excluding hydrogens is 352 g/mol. The lowest BCUT2D eigenvalue weighted by atomic mass is 10.3. The minimum absolute atomic E-state index is 0.0126. The number of carbonyl (C=O) groups is 2. The van der Waals surface area contributed by atoms with Gasteiger partial charge >= 0.3 is 0 Å². The predicted molar refractivity (Wildman–Crippen MR) is 88.3 cm³/mol. The Bertz CT molecular complexity index is 874. The zero-order valence-electron chi connectivity index (χ0n) is 12.7. The van der Waals surface area contributed by atoms with Gasteiger partial charge in [0, 0.05) is 12.8 Å². The van der Waals surface area contributed by atoms with Crippen molar-refractivity contribution in [1.29, 1.82) is 0 Å². The van der Waals surface area contributed by atoms with Gasteiger partial charge in [0.1, 0.15) is 5.01 Å². The van der Waals surface area contributed by atoms with Crippen LogP contribution in [0.3, 0.4) is 0 Å². The lowest BCUT2D eigenvalue weighted by Crippen LogP contribution is -2.28. The van der Waals surface area contributed by atoms with Gasteiger partial charge in [-0.3, -0.25) is 19.2 Å². The van der Waals surface area contributed by atoms with Crippen LogP contribution in [-0.2, 0) is 26.0 Å². The number of imide groups is 1. The number of aryl methyl sites for hydroxylation is 1. The van der Waals surface area contributed by atoms with E-state index < -0.39 is 10.0 Å². The Hall–Kier alpha value is -2.33. The van der Waals surface area contributed by atoms with Gasteiger partial charge in [0.15, 0.2) is 0 Å². The number of benzene rings is 1. The number of hydrogen-bond acceptors (Lipinski definition) is 7. The number of hydrogen-bond donors (Lipinski definition) is 1. The van der Waals surface area contributed by atoms with E-state index in [2.05, 4.69) is 14.9 Å². The fourth-order valence-corrected chi connectivity index (χ4v) is 4.16. The van der Waals surface area contributed by atoms with Gasteiger partial charge in [-0.15, -0.1) is 10.2 Å². The Morgan fingerprint density at radius 1 is 1.12 bits per heavy atom. The molecule has 1 saturated heterocycles. The van der Waals surface area contributed by atoms with E-state index in [0.29, 0.717) is 12.1 Å². The lowest BCUT2D eigenvalue weighted by Gasteiger charge is -2.14. The van der Waals surface area contributed by atoms with Crippen LogP contribution in [-0.4, -0.2) is 30.4 Å². The minimum atomic E-state index is -3.81. The normalized spacial score (nSPS) is 15.1. The van der Waals surface area contributed by atoms with Gasteiger partial charge in [-0.1, -0.05) is 18.3 Å². The molecule has 1 aromatic carbocycles. The van der Waals surface area contributed by atoms with Gasteiger partial charge in [0.2, 0.25) is 16.9 Å². The zero-order chi connectivity index (χ0) is 17.3. The summed E-state index contributed by atoms with van der Waals surface area (Å²) in [5.41, 5.74) is 0.366. The molecule has 2 aromatic rings. The number of sulfonamides is 1. The van der Waals surface area contributed by atoms with Crippen LogP contribution in [0.1, 0.15) is 24.8 Å². The Kier molecular flexibility index (Phi) is 4.33. The Labute approximate surface area is 142 Å². The molecule has 0 saturated carbocycles. The average molecular weight is 366 g/mol. The molecular formula is C14H14N4O4S2. The van der Waals surface area contributed by atoms with Crippen LogP contribution in [0.4, 0.5) is 10.8 Å². The topological polar surface area (TPSA) is 109 Å². The van der Waals surface area contributed by atoms with E-state index in [1.165, 1.54) is 35.6 Å². The molecule has 0 aliphatic carbocycles. The van der Waals surface area contributed by atoms with Crippen LogP contribution in [0.25, 0.3) is 0 Å². The van der Waals surface area contributed by atoms with Crippen molar-refractivity contribution in [2.24, 2.45) is 0 Å². The predicted octanol–water partition coefficient (Wildman–Crippen LogP) is 1.55. The molecule has 24 heavy (non-hydrogen) atoms. The average Bonchev–Trinajstić information content (AvgIpc) is 3.13. The standard InChI is InChI=1S/C14H14N4O4S2/c1-2-11-15-16-14(23-11)17-24(21,22)10-5-3-9(4-6-10)18-12(19)7-8-13(18)20/h3-6H,2,7-8H2,1H3,(H,16,17). The van der Waals surface area contributed by atoms with E-state index in [4.69, 9.17) is 0 Å². The van der Waals surface area contributed by atoms with Crippen LogP contribution in [0.2, 0.25) is 0 Å². The van der Waals surface area contributed by atoms with Gasteiger partial charge < -0.3 is 0 Å². The van der Waals surface area contributed by atoms with Crippen LogP contribution in [0, 0.1) is 0 Å². The molecule has 2 heterocycles. The Morgan fingerprint density at radius 3 is 2.29 bits per heavy atom. The summed E-state index contributed by atoms with van der Waals surface area (Å²) < 4.78 is 27.0. The Balaban J connectivity index is 1.81. The van der Waals surface area contributed by atoms with Gasteiger partial charge in [-0.25, -0.2) is 8.42 Å². The molecule has 10 heteroatoms. The first kappa shape index (κ1) is 16.5. The van der Waals surface area contributed by atoms with E-state index in [-0.39, 0.29) is 34.7 Å². The Morgan fingerprint density at radius 2 is 1.75 bits per heavy atom. The van der Waals surface area contributed by atoms with Crippen LogP contribution >= 0.6 is 11.3 Å². The van der Waals surface area contributed by atoms with Crippen molar-refractivity contribution in [2.45, 2.75) is 31.1 Å². The molecule has 1 N–H and O–H groups in total. The van der Waals surface area contributed by atoms with Crippen LogP contribution < -0.4 is 9.62 Å². The van der Waals surface area contributed by atoms with Gasteiger partial charge in [-0.2, -0.15) is 0 Å². The molecule has 0 bridgehead atoms. The molecule has 0 atom stereocenters. The van der Waals surface area contributed by atoms with Crippen molar-refractivity contribution in [3.05, 3.63) is 29.3 Å². The molecule has 3 rings (SSSR count). The van der Waals surface area contributed by atoms with Crippen molar-refractivity contribution in [2.75, 3.05) is 9.62 Å². The SMILES string of the molecule is CCc1nnc(NS(=O)(=O)c2ccc(N3C(=O)CCC3=O)cc2)s1. The van der Waals surface area contributed by atoms with E-state index in [9.17, 15) is 18.0 Å². The summed E-state index contributed by atoms with van der Waals surface area (Å²) in [6.07, 6.45) is 1.03. The minimum Gasteiger partial charge on any atom is -0.274 e. The maximum absolute atomic E-state index is 12.3. The monoisotopic (exact) mass is 366 g/mol. The summed E-state index contributed by atoms with van der Waals surface area (Å²) >= 11 is 1.17. The summed E-state index contributed by atoms with van der Waals surface area (Å²) in [5, 5.41) is 8.56. The third-order valence-corrected chi connectivity index (χ3v) is 5.91. The number of amides is 2. The van der Waals surface area contributed by atoms with E-state index in [1.807, 2.05) is 6.92 Å². The van der Waals surface area contributed by atoms with E-state index in [0.717, 1.165) is 9.91 Å². The van der Waals surface area contributed by atoms with Crippen molar-refractivity contribution < 1.29 is 18.0 Å². The molecule has 0 unspecified atom stereocenters. The molecule has 126 valence electrons. The second-order valence-corrected chi connectivity index (χ2v) is 7.82. The fourth-order valence-electron chi connectivity index (χ4n) is 2.25. The van der Waals surface area contributed by atoms with E-state index >= 15 is 0 Å². The fraction of sp³-hybridized carbons (Fsp3) is 0.286. The smallest absolute Gasteiger partial charge is 0.263 e. The first-order valence-corrected chi connectivity index (χ1v) is 9.51. The summed E-state index contributed by atoms with van der Waals surface area (Å²) in [5.74, 6) is -0.565. The first-order valence-electron chi connectivity index (χ1n) is 7.22. The van der Waals surface area contributed by atoms with Gasteiger partial charge in [-0.05, 0) is 30.7 Å². The number of carbonyl (C=O) groups excluding carboxylic acids is 2. The number of nitrogens with one attached hydrogen (secondary N) is 1. The molecule has 2 amide bonds. The van der Waals surface area contributed by atoms with Crippen molar-refractivity contribution in [3.8, 4) is 0 Å². The zero-order valence-corrected chi connectivity index (χ0v) is 14.4. The number of rotatable bonds is 5. The largest absolute Gasteiger partial charge is 0.274 e. The third-order valence-electron chi connectivity index (χ3n) is 3.45. The van der Waals surface area contributed by atoms with Crippen molar-refractivity contribution >= 4 is 44.0 Å². The van der Waals surface area contributed by atoms with Crippen molar-refractivity contribution in [1.82, 2.24) is 10.2 Å². The highest BCUT2D eigenvalue weighted by Crippen LogP contribution is 2.25. The molecule has 1 aliphatic heterocycles. The highest BCUT2D eigenvalue weighted by atomic mass is 32.2. The van der Waals surface area contributed by atoms with Crippen LogP contribution in [0.15, 0.2) is 29.2 Å². The first-order chi connectivity index (χ1) is 11.4. The summed E-state index contributed by atoms with van der Waals surface area (Å²) in [4.78, 5) is 24.5. The number of aromatic nitrogens is 2. The molecule has 8 nitrogen and oxygen atoms in total. The quantitative estimate of drug-likeness (QED) is 0.804.